The number of carboxylic acid groups (broad SMARTS) is 1. The van der Waals surface area contributed by atoms with Crippen molar-refractivity contribution in [2.45, 2.75) is 25.3 Å². The number of benzene rings is 1. The molecule has 4 rings (SSSR count). The Kier molecular flexibility index (Phi) is 6.96. The summed E-state index contributed by atoms with van der Waals surface area (Å²) in [6.45, 7) is 3.65. The molecule has 2 aliphatic rings. The van der Waals surface area contributed by atoms with Gasteiger partial charge in [0.25, 0.3) is 0 Å². The van der Waals surface area contributed by atoms with Gasteiger partial charge in [0.2, 0.25) is 5.91 Å². The van der Waals surface area contributed by atoms with E-state index in [2.05, 4.69) is 11.1 Å². The summed E-state index contributed by atoms with van der Waals surface area (Å²) in [4.78, 5) is 34.9. The molecule has 0 bridgehead atoms. The van der Waals surface area contributed by atoms with Crippen LogP contribution in [0.2, 0.25) is 0 Å². The van der Waals surface area contributed by atoms with Crippen LogP contribution in [-0.4, -0.2) is 70.7 Å². The lowest BCUT2D eigenvalue weighted by atomic mass is 9.85. The van der Waals surface area contributed by atoms with Crippen LogP contribution in [0.4, 0.5) is 15.0 Å². The second-order valence-corrected chi connectivity index (χ2v) is 8.80. The minimum absolute atomic E-state index is 0.122. The summed E-state index contributed by atoms with van der Waals surface area (Å²) < 4.78 is 13.5. The number of amides is 2. The van der Waals surface area contributed by atoms with E-state index >= 15 is 0 Å². The fourth-order valence-corrected chi connectivity index (χ4v) is 5.19. The van der Waals surface area contributed by atoms with E-state index in [0.717, 1.165) is 11.4 Å². The van der Waals surface area contributed by atoms with Crippen LogP contribution in [0.5, 0.6) is 0 Å². The van der Waals surface area contributed by atoms with Crippen molar-refractivity contribution < 1.29 is 19.1 Å². The van der Waals surface area contributed by atoms with E-state index < -0.39 is 24.0 Å². The monoisotopic (exact) mass is 465 g/mol. The minimum atomic E-state index is -1.05. The molecule has 2 unspecified atom stereocenters. The van der Waals surface area contributed by atoms with Gasteiger partial charge in [-0.3, -0.25) is 4.79 Å². The van der Waals surface area contributed by atoms with Crippen LogP contribution >= 0.6 is 0 Å². The van der Waals surface area contributed by atoms with Gasteiger partial charge in [0, 0.05) is 44.8 Å². The molecule has 178 valence electrons. The van der Waals surface area contributed by atoms with E-state index in [9.17, 15) is 24.3 Å². The van der Waals surface area contributed by atoms with Crippen molar-refractivity contribution >= 4 is 17.8 Å². The number of nitrogens with zero attached hydrogens (tertiary/aromatic N) is 5. The Morgan fingerprint density at radius 2 is 1.97 bits per heavy atom. The zero-order valence-electron chi connectivity index (χ0n) is 19.0. The first-order chi connectivity index (χ1) is 16.4. The smallest absolute Gasteiger partial charge is 0.407 e. The van der Waals surface area contributed by atoms with Crippen LogP contribution in [0.3, 0.4) is 0 Å². The topological polar surface area (TPSA) is 101 Å². The Morgan fingerprint density at radius 3 is 2.59 bits per heavy atom. The fourth-order valence-electron chi connectivity index (χ4n) is 5.19. The van der Waals surface area contributed by atoms with Gasteiger partial charge in [-0.2, -0.15) is 5.26 Å². The molecule has 2 amide bonds. The zero-order valence-corrected chi connectivity index (χ0v) is 19.0. The number of anilines is 1. The fraction of sp³-hybridized carbons (Fsp3) is 0.440. The molecule has 4 atom stereocenters. The molecule has 0 aliphatic carbocycles. The molecule has 2 aliphatic heterocycles. The van der Waals surface area contributed by atoms with E-state index in [1.165, 1.54) is 17.0 Å². The number of nitriles is 1. The average Bonchev–Trinajstić information content (AvgIpc) is 3.29. The molecule has 0 radical (unpaired) electrons. The van der Waals surface area contributed by atoms with Crippen molar-refractivity contribution in [3.63, 3.8) is 0 Å². The first kappa shape index (κ1) is 23.5. The van der Waals surface area contributed by atoms with E-state index in [1.807, 2.05) is 23.1 Å². The third-order valence-corrected chi connectivity index (χ3v) is 6.95. The average molecular weight is 466 g/mol. The van der Waals surface area contributed by atoms with Crippen LogP contribution < -0.4 is 4.90 Å². The van der Waals surface area contributed by atoms with Gasteiger partial charge in [-0.15, -0.1) is 0 Å². The van der Waals surface area contributed by atoms with E-state index in [4.69, 9.17) is 0 Å². The molecular formula is C25H28FN5O3. The Balaban J connectivity index is 1.53. The van der Waals surface area contributed by atoms with Gasteiger partial charge in [-0.25, -0.2) is 14.2 Å². The highest BCUT2D eigenvalue weighted by atomic mass is 19.1. The molecule has 9 heteroatoms. The number of aromatic nitrogens is 1. The Morgan fingerprint density at radius 1 is 1.21 bits per heavy atom. The Hall–Kier alpha value is -3.67. The van der Waals surface area contributed by atoms with Crippen molar-refractivity contribution in [3.8, 4) is 6.07 Å². The molecule has 2 saturated heterocycles. The number of piperidine rings is 1. The lowest BCUT2D eigenvalue weighted by molar-refractivity contribution is -0.136. The summed E-state index contributed by atoms with van der Waals surface area (Å²) in [5.74, 6) is -0.927. The van der Waals surface area contributed by atoms with E-state index in [-0.39, 0.29) is 30.7 Å². The second kappa shape index (κ2) is 10.1. The van der Waals surface area contributed by atoms with Gasteiger partial charge < -0.3 is 19.8 Å². The SMILES string of the molecule is CCN(C(=O)O)[C@@H]1CN(C(=O)C2CCN(c3ccccn3)CC2C#N)C[C@H]1c1ccc(F)cc1. The van der Waals surface area contributed by atoms with Crippen LogP contribution in [0.1, 0.15) is 24.8 Å². The lowest BCUT2D eigenvalue weighted by Crippen LogP contribution is -2.48. The van der Waals surface area contributed by atoms with Crippen LogP contribution in [0.25, 0.3) is 0 Å². The number of rotatable bonds is 5. The van der Waals surface area contributed by atoms with Crippen LogP contribution in [-0.2, 0) is 4.79 Å². The van der Waals surface area contributed by atoms with Gasteiger partial charge in [0.15, 0.2) is 0 Å². The molecule has 3 heterocycles. The maximum absolute atomic E-state index is 13.6. The number of hydrogen-bond donors (Lipinski definition) is 1. The lowest BCUT2D eigenvalue weighted by Gasteiger charge is -2.37. The zero-order chi connectivity index (χ0) is 24.2. The van der Waals surface area contributed by atoms with Crippen molar-refractivity contribution in [3.05, 3.63) is 60.0 Å². The number of hydrogen-bond acceptors (Lipinski definition) is 5. The van der Waals surface area contributed by atoms with E-state index in [1.54, 1.807) is 30.2 Å². The van der Waals surface area contributed by atoms with Crippen molar-refractivity contribution in [2.75, 3.05) is 37.6 Å². The quantitative estimate of drug-likeness (QED) is 0.728. The third-order valence-electron chi connectivity index (χ3n) is 6.95. The summed E-state index contributed by atoms with van der Waals surface area (Å²) in [6, 6.07) is 13.5. The largest absolute Gasteiger partial charge is 0.465 e. The predicted molar refractivity (Wildman–Crippen MR) is 124 cm³/mol. The third kappa shape index (κ3) is 4.67. The number of likely N-dealkylation sites (N-methyl/N-ethyl adjacent to an activating group) is 1. The summed E-state index contributed by atoms with van der Waals surface area (Å²) in [5, 5.41) is 19.6. The maximum Gasteiger partial charge on any atom is 0.407 e. The maximum atomic E-state index is 13.6. The molecule has 8 nitrogen and oxygen atoms in total. The molecule has 2 aromatic rings. The highest BCUT2D eigenvalue weighted by Crippen LogP contribution is 2.35. The molecule has 1 aromatic carbocycles. The first-order valence-electron chi connectivity index (χ1n) is 11.5. The first-order valence-corrected chi connectivity index (χ1v) is 11.5. The molecule has 0 saturated carbocycles. The van der Waals surface area contributed by atoms with Crippen LogP contribution in [0, 0.1) is 29.0 Å². The van der Waals surface area contributed by atoms with Gasteiger partial charge in [-0.1, -0.05) is 18.2 Å². The highest BCUT2D eigenvalue weighted by Gasteiger charge is 2.44. The molecule has 0 spiro atoms. The number of carbonyl (C=O) groups is 2. The minimum Gasteiger partial charge on any atom is -0.465 e. The normalized spacial score (nSPS) is 24.5. The van der Waals surface area contributed by atoms with Crippen LogP contribution in [0.15, 0.2) is 48.7 Å². The molecule has 1 aromatic heterocycles. The van der Waals surface area contributed by atoms with Crippen molar-refractivity contribution in [2.24, 2.45) is 11.8 Å². The van der Waals surface area contributed by atoms with Gasteiger partial charge in [0.1, 0.15) is 11.6 Å². The Bertz CT molecular complexity index is 1060. The highest BCUT2D eigenvalue weighted by molar-refractivity contribution is 5.81. The number of likely N-dealkylation sites (tertiary alicyclic amines) is 1. The molecule has 34 heavy (non-hydrogen) atoms. The van der Waals surface area contributed by atoms with Gasteiger partial charge in [-0.05, 0) is 43.2 Å². The Labute approximate surface area is 198 Å². The number of pyridine rings is 1. The summed E-state index contributed by atoms with van der Waals surface area (Å²) in [5.41, 5.74) is 0.795. The number of carbonyl (C=O) groups excluding carboxylic acids is 1. The predicted octanol–water partition coefficient (Wildman–Crippen LogP) is 3.18. The number of halogens is 1. The summed E-state index contributed by atoms with van der Waals surface area (Å²) >= 11 is 0. The van der Waals surface area contributed by atoms with Gasteiger partial charge in [0.05, 0.1) is 23.9 Å². The summed E-state index contributed by atoms with van der Waals surface area (Å²) in [7, 11) is 0. The van der Waals surface area contributed by atoms with Gasteiger partial charge >= 0.3 is 6.09 Å². The standard InChI is InChI=1S/C25H28FN5O3/c1-2-31(25(33)34)22-16-30(15-21(22)17-6-8-19(26)9-7-17)24(32)20-10-12-29(14-18(20)13-27)23-5-3-4-11-28-23/h3-9,11,18,20-22H,2,10,12,14-16H2,1H3,(H,33,34)/t18?,20?,21-,22+/m0/s1. The van der Waals surface area contributed by atoms with Crippen molar-refractivity contribution in [1.82, 2.24) is 14.8 Å². The second-order valence-electron chi connectivity index (χ2n) is 8.80. The molecule has 1 N–H and O–H groups in total. The summed E-state index contributed by atoms with van der Waals surface area (Å²) in [6.07, 6.45) is 1.18. The van der Waals surface area contributed by atoms with Crippen molar-refractivity contribution in [1.29, 1.82) is 5.26 Å². The molecule has 2 fully saturated rings. The van der Waals surface area contributed by atoms with E-state index in [0.29, 0.717) is 26.1 Å². The molecular weight excluding hydrogens is 437 g/mol.